The number of aliphatic hydroxyl groups excluding tert-OH is 1. The SMILES string of the molecule is CC(NC1CCCCCC1O)C(=O)NCC(F)(F)F. The first-order valence-corrected chi connectivity index (χ1v) is 6.58. The third kappa shape index (κ3) is 6.24. The Bertz CT molecular complexity index is 297. The second kappa shape index (κ2) is 7.09. The highest BCUT2D eigenvalue weighted by Gasteiger charge is 2.30. The Balaban J connectivity index is 2.39. The number of hydrogen-bond donors (Lipinski definition) is 3. The van der Waals surface area contributed by atoms with Gasteiger partial charge in [-0.25, -0.2) is 0 Å². The van der Waals surface area contributed by atoms with Crippen molar-refractivity contribution in [2.24, 2.45) is 0 Å². The highest BCUT2D eigenvalue weighted by atomic mass is 19.4. The van der Waals surface area contributed by atoms with Gasteiger partial charge in [0.15, 0.2) is 0 Å². The Morgan fingerprint density at radius 3 is 2.58 bits per heavy atom. The summed E-state index contributed by atoms with van der Waals surface area (Å²) in [5.74, 6) is -0.700. The Hall–Kier alpha value is -0.820. The summed E-state index contributed by atoms with van der Waals surface area (Å²) in [6.45, 7) is 0.175. The molecule has 0 aromatic rings. The molecule has 1 amide bonds. The van der Waals surface area contributed by atoms with Crippen LogP contribution >= 0.6 is 0 Å². The maximum atomic E-state index is 12.0. The molecule has 1 aliphatic carbocycles. The van der Waals surface area contributed by atoms with Crippen LogP contribution in [-0.2, 0) is 4.79 Å². The average Bonchev–Trinajstić information content (AvgIpc) is 2.51. The summed E-state index contributed by atoms with van der Waals surface area (Å²) in [5, 5.41) is 14.6. The standard InChI is InChI=1S/C12H21F3N2O2/c1-8(11(19)16-7-12(13,14)15)17-9-5-3-2-4-6-10(9)18/h8-10,17-18H,2-7H2,1H3,(H,16,19). The van der Waals surface area contributed by atoms with Crippen LogP contribution < -0.4 is 10.6 Å². The molecule has 3 unspecified atom stereocenters. The largest absolute Gasteiger partial charge is 0.405 e. The fourth-order valence-electron chi connectivity index (χ4n) is 2.22. The van der Waals surface area contributed by atoms with E-state index in [1.54, 1.807) is 0 Å². The molecule has 1 rings (SSSR count). The lowest BCUT2D eigenvalue weighted by molar-refractivity contribution is -0.139. The Kier molecular flexibility index (Phi) is 6.06. The zero-order chi connectivity index (χ0) is 14.5. The van der Waals surface area contributed by atoms with E-state index in [0.29, 0.717) is 6.42 Å². The first-order valence-electron chi connectivity index (χ1n) is 6.58. The number of carbonyl (C=O) groups is 1. The van der Waals surface area contributed by atoms with Crippen molar-refractivity contribution < 1.29 is 23.1 Å². The number of carbonyl (C=O) groups excluding carboxylic acids is 1. The number of hydrogen-bond acceptors (Lipinski definition) is 3. The lowest BCUT2D eigenvalue weighted by Crippen LogP contribution is -2.51. The van der Waals surface area contributed by atoms with Crippen molar-refractivity contribution in [3.05, 3.63) is 0 Å². The van der Waals surface area contributed by atoms with E-state index in [4.69, 9.17) is 0 Å². The molecule has 0 aliphatic heterocycles. The number of alkyl halides is 3. The van der Waals surface area contributed by atoms with E-state index >= 15 is 0 Å². The van der Waals surface area contributed by atoms with Crippen molar-refractivity contribution in [2.75, 3.05) is 6.54 Å². The molecule has 1 aliphatic rings. The summed E-state index contributed by atoms with van der Waals surface area (Å²) in [5.41, 5.74) is 0. The minimum Gasteiger partial charge on any atom is -0.392 e. The van der Waals surface area contributed by atoms with E-state index < -0.39 is 30.8 Å². The zero-order valence-corrected chi connectivity index (χ0v) is 11.0. The molecular formula is C12H21F3N2O2. The number of nitrogens with one attached hydrogen (secondary N) is 2. The predicted molar refractivity (Wildman–Crippen MR) is 64.5 cm³/mol. The second-order valence-corrected chi connectivity index (χ2v) is 5.03. The molecule has 0 aromatic carbocycles. The normalized spacial score (nSPS) is 26.6. The first-order chi connectivity index (χ1) is 8.79. The fourth-order valence-corrected chi connectivity index (χ4v) is 2.22. The van der Waals surface area contributed by atoms with E-state index in [1.165, 1.54) is 6.92 Å². The van der Waals surface area contributed by atoms with Crippen molar-refractivity contribution in [1.29, 1.82) is 0 Å². The molecule has 7 heteroatoms. The van der Waals surface area contributed by atoms with Crippen molar-refractivity contribution >= 4 is 5.91 Å². The maximum absolute atomic E-state index is 12.0. The minimum atomic E-state index is -4.41. The molecule has 0 bridgehead atoms. The number of halogens is 3. The first kappa shape index (κ1) is 16.2. The lowest BCUT2D eigenvalue weighted by atomic mass is 10.1. The maximum Gasteiger partial charge on any atom is 0.405 e. The number of rotatable bonds is 4. The van der Waals surface area contributed by atoms with Crippen molar-refractivity contribution in [3.8, 4) is 0 Å². The van der Waals surface area contributed by atoms with Gasteiger partial charge in [0.2, 0.25) is 5.91 Å². The molecule has 4 nitrogen and oxygen atoms in total. The van der Waals surface area contributed by atoms with E-state index in [9.17, 15) is 23.1 Å². The second-order valence-electron chi connectivity index (χ2n) is 5.03. The third-order valence-electron chi connectivity index (χ3n) is 3.30. The molecule has 3 atom stereocenters. The summed E-state index contributed by atoms with van der Waals surface area (Å²) in [6, 6.07) is -0.978. The van der Waals surface area contributed by atoms with Crippen LogP contribution in [0.5, 0.6) is 0 Å². The molecule has 0 aromatic heterocycles. The molecule has 0 saturated heterocycles. The molecule has 0 spiro atoms. The highest BCUT2D eigenvalue weighted by molar-refractivity contribution is 5.81. The van der Waals surface area contributed by atoms with Gasteiger partial charge in [-0.05, 0) is 19.8 Å². The Morgan fingerprint density at radius 2 is 1.95 bits per heavy atom. The summed E-state index contributed by atoms with van der Waals surface area (Å²) in [6.07, 6.45) is -0.631. The van der Waals surface area contributed by atoms with Crippen LogP contribution in [0.15, 0.2) is 0 Å². The molecule has 1 fully saturated rings. The molecule has 0 heterocycles. The van der Waals surface area contributed by atoms with E-state index in [1.807, 2.05) is 5.32 Å². The van der Waals surface area contributed by atoms with Gasteiger partial charge in [0, 0.05) is 6.04 Å². The lowest BCUT2D eigenvalue weighted by Gasteiger charge is -2.25. The fraction of sp³-hybridized carbons (Fsp3) is 0.917. The molecule has 1 saturated carbocycles. The van der Waals surface area contributed by atoms with E-state index in [-0.39, 0.29) is 6.04 Å². The van der Waals surface area contributed by atoms with Gasteiger partial charge in [0.1, 0.15) is 6.54 Å². The van der Waals surface area contributed by atoms with Crippen LogP contribution in [0.1, 0.15) is 39.0 Å². The summed E-state index contributed by atoms with van der Waals surface area (Å²) < 4.78 is 35.9. The molecule has 0 radical (unpaired) electrons. The van der Waals surface area contributed by atoms with Crippen LogP contribution in [0, 0.1) is 0 Å². The summed E-state index contributed by atoms with van der Waals surface area (Å²) in [4.78, 5) is 11.5. The van der Waals surface area contributed by atoms with Crippen molar-refractivity contribution in [2.45, 2.75) is 63.4 Å². The molecule has 112 valence electrons. The van der Waals surface area contributed by atoms with Gasteiger partial charge < -0.3 is 15.7 Å². The van der Waals surface area contributed by atoms with Gasteiger partial charge in [-0.1, -0.05) is 19.3 Å². The minimum absolute atomic E-state index is 0.228. The topological polar surface area (TPSA) is 61.4 Å². The van der Waals surface area contributed by atoms with E-state index in [2.05, 4.69) is 5.32 Å². The van der Waals surface area contributed by atoms with Gasteiger partial charge in [0.05, 0.1) is 12.1 Å². The Labute approximate surface area is 110 Å². The number of amides is 1. The van der Waals surface area contributed by atoms with Gasteiger partial charge in [0.25, 0.3) is 0 Å². The number of aliphatic hydroxyl groups is 1. The van der Waals surface area contributed by atoms with E-state index in [0.717, 1.165) is 25.7 Å². The van der Waals surface area contributed by atoms with Gasteiger partial charge in [-0.2, -0.15) is 13.2 Å². The molecular weight excluding hydrogens is 261 g/mol. The molecule has 19 heavy (non-hydrogen) atoms. The zero-order valence-electron chi connectivity index (χ0n) is 11.0. The summed E-state index contributed by atoms with van der Waals surface area (Å²) >= 11 is 0. The van der Waals surface area contributed by atoms with Gasteiger partial charge >= 0.3 is 6.18 Å². The van der Waals surface area contributed by atoms with Crippen LogP contribution in [0.25, 0.3) is 0 Å². The highest BCUT2D eigenvalue weighted by Crippen LogP contribution is 2.18. The van der Waals surface area contributed by atoms with Gasteiger partial charge in [-0.15, -0.1) is 0 Å². The smallest absolute Gasteiger partial charge is 0.392 e. The molecule has 3 N–H and O–H groups in total. The Morgan fingerprint density at radius 1 is 1.32 bits per heavy atom. The van der Waals surface area contributed by atoms with Crippen molar-refractivity contribution in [1.82, 2.24) is 10.6 Å². The quantitative estimate of drug-likeness (QED) is 0.682. The van der Waals surface area contributed by atoms with Gasteiger partial charge in [-0.3, -0.25) is 4.79 Å². The van der Waals surface area contributed by atoms with Crippen molar-refractivity contribution in [3.63, 3.8) is 0 Å². The van der Waals surface area contributed by atoms with Crippen LogP contribution in [0.3, 0.4) is 0 Å². The predicted octanol–water partition coefficient (Wildman–Crippen LogP) is 1.34. The average molecular weight is 282 g/mol. The summed E-state index contributed by atoms with van der Waals surface area (Å²) in [7, 11) is 0. The van der Waals surface area contributed by atoms with Crippen LogP contribution in [0.4, 0.5) is 13.2 Å². The van der Waals surface area contributed by atoms with Crippen LogP contribution in [0.2, 0.25) is 0 Å². The third-order valence-corrected chi connectivity index (χ3v) is 3.30. The van der Waals surface area contributed by atoms with Crippen LogP contribution in [-0.4, -0.2) is 41.9 Å². The monoisotopic (exact) mass is 282 g/mol.